The number of methoxy groups -OCH3 is 1. The van der Waals surface area contributed by atoms with Crippen LogP contribution in [0.15, 0.2) is 23.2 Å². The highest BCUT2D eigenvalue weighted by atomic mass is 16.6. The summed E-state index contributed by atoms with van der Waals surface area (Å²) < 4.78 is 16.2. The fourth-order valence-corrected chi connectivity index (χ4v) is 4.44. The van der Waals surface area contributed by atoms with Crippen molar-refractivity contribution in [2.75, 3.05) is 26.8 Å². The average molecular weight is 547 g/mol. The van der Waals surface area contributed by atoms with Crippen molar-refractivity contribution in [2.45, 2.75) is 79.4 Å². The molecule has 1 aromatic rings. The number of benzene rings is 1. The average Bonchev–Trinajstić information content (AvgIpc) is 2.86. The quantitative estimate of drug-likeness (QED) is 0.253. The lowest BCUT2D eigenvalue weighted by molar-refractivity contribution is -0.143. The van der Waals surface area contributed by atoms with Crippen LogP contribution >= 0.6 is 0 Å². The van der Waals surface area contributed by atoms with E-state index in [2.05, 4.69) is 17.2 Å². The third-order valence-electron chi connectivity index (χ3n) is 6.92. The number of likely N-dealkylation sites (tertiary alicyclic amines) is 1. The molecule has 1 fully saturated rings. The summed E-state index contributed by atoms with van der Waals surface area (Å²) in [5.41, 5.74) is 6.53. The first kappa shape index (κ1) is 31.9. The highest BCUT2D eigenvalue weighted by Crippen LogP contribution is 2.29. The van der Waals surface area contributed by atoms with Gasteiger partial charge in [0.2, 0.25) is 0 Å². The summed E-state index contributed by atoms with van der Waals surface area (Å²) in [6, 6.07) is 4.15. The molecule has 218 valence electrons. The Morgan fingerprint density at radius 1 is 1.15 bits per heavy atom. The van der Waals surface area contributed by atoms with Crippen molar-refractivity contribution in [1.29, 1.82) is 0 Å². The molecule has 3 amide bonds. The predicted molar refractivity (Wildman–Crippen MR) is 151 cm³/mol. The van der Waals surface area contributed by atoms with Gasteiger partial charge < -0.3 is 30.2 Å². The smallest absolute Gasteiger partial charge is 0.408 e. The second-order valence-corrected chi connectivity index (χ2v) is 11.5. The number of carbonyl (C=O) groups is 3. The number of nitrogens with two attached hydrogens (primary N) is 1. The molecule has 0 saturated carbocycles. The summed E-state index contributed by atoms with van der Waals surface area (Å²) in [5.74, 6) is 1.46. The first-order chi connectivity index (χ1) is 18.2. The van der Waals surface area contributed by atoms with Gasteiger partial charge in [-0.05, 0) is 82.1 Å². The first-order valence-corrected chi connectivity index (χ1v) is 13.7. The highest BCUT2D eigenvalue weighted by molar-refractivity contribution is 5.93. The Morgan fingerprint density at radius 3 is 2.33 bits per heavy atom. The summed E-state index contributed by atoms with van der Waals surface area (Å²) in [5, 5.41) is 2.61. The number of rotatable bonds is 9. The van der Waals surface area contributed by atoms with Gasteiger partial charge in [0.25, 0.3) is 0 Å². The summed E-state index contributed by atoms with van der Waals surface area (Å²) in [6.07, 6.45) is 2.03. The van der Waals surface area contributed by atoms with Crippen LogP contribution in [0.25, 0.3) is 0 Å². The zero-order valence-corrected chi connectivity index (χ0v) is 24.7. The Bertz CT molecular complexity index is 1030. The number of urea groups is 1. The van der Waals surface area contributed by atoms with E-state index in [1.165, 1.54) is 7.11 Å². The van der Waals surface area contributed by atoms with E-state index in [9.17, 15) is 14.4 Å². The third-order valence-corrected chi connectivity index (χ3v) is 6.92. The number of alkyl carbamates (subject to hydrolysis) is 1. The minimum absolute atomic E-state index is 0.0506. The minimum Gasteiger partial charge on any atom is -0.494 e. The zero-order valence-electron chi connectivity index (χ0n) is 24.7. The molecule has 1 saturated heterocycles. The molecule has 0 aliphatic carbocycles. The van der Waals surface area contributed by atoms with Crippen LogP contribution in [0.5, 0.6) is 5.75 Å². The summed E-state index contributed by atoms with van der Waals surface area (Å²) in [4.78, 5) is 42.9. The van der Waals surface area contributed by atoms with E-state index in [0.717, 1.165) is 24.8 Å². The van der Waals surface area contributed by atoms with Crippen LogP contribution in [0.4, 0.5) is 9.59 Å². The van der Waals surface area contributed by atoms with E-state index < -0.39 is 23.7 Å². The van der Waals surface area contributed by atoms with E-state index >= 15 is 0 Å². The van der Waals surface area contributed by atoms with Crippen LogP contribution in [0, 0.1) is 24.7 Å². The molecule has 10 nitrogen and oxygen atoms in total. The number of esters is 1. The number of carbonyl (C=O) groups excluding carboxylic acids is 3. The Hall–Kier alpha value is -3.30. The molecule has 1 aromatic carbocycles. The maximum atomic E-state index is 12.4. The Kier molecular flexibility index (Phi) is 11.6. The number of aliphatic imine (C=N–C) groups is 1. The van der Waals surface area contributed by atoms with Crippen molar-refractivity contribution in [1.82, 2.24) is 10.2 Å². The fraction of sp³-hybridized carbons (Fsp3) is 0.655. The molecule has 2 atom stereocenters. The van der Waals surface area contributed by atoms with Gasteiger partial charge in [0.05, 0.1) is 13.7 Å². The highest BCUT2D eigenvalue weighted by Gasteiger charge is 2.29. The van der Waals surface area contributed by atoms with Crippen LogP contribution in [-0.4, -0.2) is 61.2 Å². The molecule has 0 spiro atoms. The van der Waals surface area contributed by atoms with Crippen molar-refractivity contribution in [3.05, 3.63) is 29.3 Å². The number of hydrogen-bond acceptors (Lipinski definition) is 6. The van der Waals surface area contributed by atoms with Crippen molar-refractivity contribution in [3.63, 3.8) is 0 Å². The maximum absolute atomic E-state index is 12.4. The van der Waals surface area contributed by atoms with Gasteiger partial charge >= 0.3 is 18.1 Å². The van der Waals surface area contributed by atoms with Crippen molar-refractivity contribution in [3.8, 4) is 5.75 Å². The normalized spacial score (nSPS) is 16.4. The summed E-state index contributed by atoms with van der Waals surface area (Å²) in [6.45, 7) is 15.1. The van der Waals surface area contributed by atoms with Gasteiger partial charge in [-0.3, -0.25) is 0 Å². The van der Waals surface area contributed by atoms with E-state index in [4.69, 9.17) is 19.9 Å². The largest absolute Gasteiger partial charge is 0.494 e. The number of hydrogen-bond donors (Lipinski definition) is 2. The number of aryl methyl sites for hydroxylation is 1. The summed E-state index contributed by atoms with van der Waals surface area (Å²) in [7, 11) is 1.28. The summed E-state index contributed by atoms with van der Waals surface area (Å²) >= 11 is 0. The number of piperidine rings is 1. The number of nitrogens with zero attached hydrogens (tertiary/aromatic N) is 2. The molecule has 1 unspecified atom stereocenters. The molecule has 0 radical (unpaired) electrons. The molecule has 0 bridgehead atoms. The van der Waals surface area contributed by atoms with Gasteiger partial charge in [0, 0.05) is 19.0 Å². The van der Waals surface area contributed by atoms with E-state index in [0.29, 0.717) is 48.7 Å². The SMILES string of the molecule is COC(=O)C(NC(=O)OC(C)(C)C)c1ccc(OCC[C@@H](C)C2CCN(C(=O)N=C(N)C(C)C)CC2)cc1C. The number of amides is 3. The molecule has 3 N–H and O–H groups in total. The Balaban J connectivity index is 1.90. The molecule has 10 heteroatoms. The first-order valence-electron chi connectivity index (χ1n) is 13.7. The second kappa shape index (κ2) is 14.2. The van der Waals surface area contributed by atoms with Crippen LogP contribution < -0.4 is 15.8 Å². The van der Waals surface area contributed by atoms with E-state index in [1.54, 1.807) is 37.8 Å². The van der Waals surface area contributed by atoms with Crippen molar-refractivity contribution >= 4 is 23.9 Å². The fourth-order valence-electron chi connectivity index (χ4n) is 4.44. The van der Waals surface area contributed by atoms with Gasteiger partial charge in [-0.1, -0.05) is 26.8 Å². The van der Waals surface area contributed by atoms with Gasteiger partial charge in [-0.15, -0.1) is 0 Å². The lowest BCUT2D eigenvalue weighted by Gasteiger charge is -2.34. The van der Waals surface area contributed by atoms with E-state index in [1.807, 2.05) is 26.8 Å². The number of ether oxygens (including phenoxy) is 3. The molecule has 39 heavy (non-hydrogen) atoms. The van der Waals surface area contributed by atoms with E-state index in [-0.39, 0.29) is 11.9 Å². The molecular weight excluding hydrogens is 500 g/mol. The van der Waals surface area contributed by atoms with Gasteiger partial charge in [-0.25, -0.2) is 14.4 Å². The molecule has 1 heterocycles. The van der Waals surface area contributed by atoms with Gasteiger partial charge in [0.15, 0.2) is 6.04 Å². The monoisotopic (exact) mass is 546 g/mol. The van der Waals surface area contributed by atoms with Crippen LogP contribution in [0.3, 0.4) is 0 Å². The molecule has 1 aliphatic rings. The molecule has 2 rings (SSSR count). The van der Waals surface area contributed by atoms with Crippen LogP contribution in [0.1, 0.15) is 78.0 Å². The number of amidine groups is 1. The van der Waals surface area contributed by atoms with Gasteiger partial charge in [-0.2, -0.15) is 4.99 Å². The van der Waals surface area contributed by atoms with Crippen LogP contribution in [-0.2, 0) is 14.3 Å². The molecule has 0 aromatic heterocycles. The Morgan fingerprint density at radius 2 is 1.79 bits per heavy atom. The predicted octanol–water partition coefficient (Wildman–Crippen LogP) is 4.98. The molecule has 1 aliphatic heterocycles. The lowest BCUT2D eigenvalue weighted by atomic mass is 9.84. The Labute approximate surface area is 232 Å². The standard InChI is InChI=1S/C29H46N4O6/c1-18(2)25(30)32-27(35)33-14-11-21(12-15-33)19(3)13-16-38-22-9-10-23(20(4)17-22)24(26(34)37-8)31-28(36)39-29(5,6)7/h9-10,17-19,21,24H,11-16H2,1-8H3,(H,31,36)(H2,30,32,35)/t19-,24?/m1/s1. The lowest BCUT2D eigenvalue weighted by Crippen LogP contribution is -2.39. The number of nitrogens with one attached hydrogen (secondary N) is 1. The molecular formula is C29H46N4O6. The van der Waals surface area contributed by atoms with Gasteiger partial charge in [0.1, 0.15) is 17.2 Å². The minimum atomic E-state index is -0.996. The second-order valence-electron chi connectivity index (χ2n) is 11.5. The van der Waals surface area contributed by atoms with Crippen LogP contribution in [0.2, 0.25) is 0 Å². The maximum Gasteiger partial charge on any atom is 0.408 e. The third kappa shape index (κ3) is 10.1. The van der Waals surface area contributed by atoms with Crippen molar-refractivity contribution in [2.24, 2.45) is 28.5 Å². The zero-order chi connectivity index (χ0) is 29.3. The van der Waals surface area contributed by atoms with Crippen molar-refractivity contribution < 1.29 is 28.6 Å². The topological polar surface area (TPSA) is 133 Å².